The minimum absolute atomic E-state index is 0.0648. The van der Waals surface area contributed by atoms with Gasteiger partial charge >= 0.3 is 5.97 Å². The van der Waals surface area contributed by atoms with E-state index in [1.807, 2.05) is 0 Å². The molecule has 1 aliphatic rings. The van der Waals surface area contributed by atoms with E-state index in [-0.39, 0.29) is 11.9 Å². The highest BCUT2D eigenvalue weighted by Crippen LogP contribution is 2.48. The second kappa shape index (κ2) is 3.30. The molecule has 1 saturated carbocycles. The number of methoxy groups -OCH3 is 1. The lowest BCUT2D eigenvalue weighted by atomic mass is 10.2. The number of hydrogen-bond donors (Lipinski definition) is 0. The fraction of sp³-hybridized carbons (Fsp3) is 0.700. The number of carbonyl (C=O) groups is 1. The summed E-state index contributed by atoms with van der Waals surface area (Å²) in [6, 6.07) is 0. The molecule has 68 valence electrons. The van der Waals surface area contributed by atoms with Gasteiger partial charge in [0.15, 0.2) is 0 Å². The maximum absolute atomic E-state index is 11.1. The predicted molar refractivity (Wildman–Crippen MR) is 47.6 cm³/mol. The minimum atomic E-state index is -0.0648. The van der Waals surface area contributed by atoms with Crippen LogP contribution in [0, 0.1) is 17.8 Å². The van der Waals surface area contributed by atoms with E-state index >= 15 is 0 Å². The first-order chi connectivity index (χ1) is 5.57. The van der Waals surface area contributed by atoms with E-state index in [4.69, 9.17) is 0 Å². The third-order valence-corrected chi connectivity index (χ3v) is 2.45. The Bertz CT molecular complexity index is 214. The Kier molecular flexibility index (Phi) is 2.55. The van der Waals surface area contributed by atoms with Crippen LogP contribution < -0.4 is 0 Å². The average molecular weight is 168 g/mol. The molecule has 0 amide bonds. The highest BCUT2D eigenvalue weighted by molar-refractivity contribution is 5.76. The van der Waals surface area contributed by atoms with Crippen molar-refractivity contribution in [1.82, 2.24) is 0 Å². The minimum Gasteiger partial charge on any atom is -0.469 e. The van der Waals surface area contributed by atoms with E-state index < -0.39 is 0 Å². The molecule has 0 saturated heterocycles. The molecule has 0 aromatic carbocycles. The van der Waals surface area contributed by atoms with Crippen molar-refractivity contribution in [3.05, 3.63) is 11.6 Å². The Morgan fingerprint density at radius 3 is 2.42 bits per heavy atom. The van der Waals surface area contributed by atoms with Gasteiger partial charge in [-0.25, -0.2) is 0 Å². The summed E-state index contributed by atoms with van der Waals surface area (Å²) in [4.78, 5) is 11.1. The Labute approximate surface area is 73.6 Å². The lowest BCUT2D eigenvalue weighted by Gasteiger charge is -1.94. The summed E-state index contributed by atoms with van der Waals surface area (Å²) in [6.07, 6.45) is 2.16. The van der Waals surface area contributed by atoms with Gasteiger partial charge in [0.2, 0.25) is 0 Å². The predicted octanol–water partition coefficient (Wildman–Crippen LogP) is 2.01. The quantitative estimate of drug-likeness (QED) is 0.465. The molecule has 1 aliphatic carbocycles. The van der Waals surface area contributed by atoms with E-state index in [0.717, 1.165) is 0 Å². The molecule has 0 N–H and O–H groups in total. The molecule has 1 unspecified atom stereocenters. The van der Waals surface area contributed by atoms with Crippen LogP contribution in [0.5, 0.6) is 0 Å². The molecule has 0 aromatic rings. The van der Waals surface area contributed by atoms with Crippen molar-refractivity contribution in [2.24, 2.45) is 17.8 Å². The second-order valence-electron chi connectivity index (χ2n) is 3.73. The van der Waals surface area contributed by atoms with Crippen molar-refractivity contribution >= 4 is 5.97 Å². The zero-order chi connectivity index (χ0) is 9.30. The summed E-state index contributed by atoms with van der Waals surface area (Å²) in [5, 5.41) is 0. The summed E-state index contributed by atoms with van der Waals surface area (Å²) in [7, 11) is 1.45. The number of hydrogen-bond acceptors (Lipinski definition) is 2. The van der Waals surface area contributed by atoms with Gasteiger partial charge in [-0.1, -0.05) is 18.6 Å². The zero-order valence-corrected chi connectivity index (χ0v) is 8.13. The molecule has 0 spiro atoms. The van der Waals surface area contributed by atoms with Crippen molar-refractivity contribution in [1.29, 1.82) is 0 Å². The summed E-state index contributed by atoms with van der Waals surface area (Å²) < 4.78 is 4.69. The topological polar surface area (TPSA) is 26.3 Å². The van der Waals surface area contributed by atoms with Crippen LogP contribution in [0.4, 0.5) is 0 Å². The van der Waals surface area contributed by atoms with Crippen LogP contribution in [0.1, 0.15) is 20.8 Å². The van der Waals surface area contributed by atoms with Gasteiger partial charge in [-0.15, -0.1) is 0 Å². The normalized spacial score (nSPS) is 32.5. The Balaban J connectivity index is 2.54. The number of carbonyl (C=O) groups excluding carboxylic acids is 1. The molecule has 2 heteroatoms. The van der Waals surface area contributed by atoms with Crippen LogP contribution in [-0.4, -0.2) is 13.1 Å². The first-order valence-electron chi connectivity index (χ1n) is 4.30. The Morgan fingerprint density at radius 1 is 1.42 bits per heavy atom. The van der Waals surface area contributed by atoms with Crippen molar-refractivity contribution in [3.63, 3.8) is 0 Å². The van der Waals surface area contributed by atoms with Gasteiger partial charge in [0.1, 0.15) is 0 Å². The zero-order valence-electron chi connectivity index (χ0n) is 8.13. The Hall–Kier alpha value is -0.790. The van der Waals surface area contributed by atoms with Crippen LogP contribution in [0.15, 0.2) is 11.6 Å². The molecule has 12 heavy (non-hydrogen) atoms. The molecule has 0 bridgehead atoms. The van der Waals surface area contributed by atoms with E-state index in [1.165, 1.54) is 12.7 Å². The van der Waals surface area contributed by atoms with Crippen LogP contribution in [0.3, 0.4) is 0 Å². The van der Waals surface area contributed by atoms with Gasteiger partial charge in [0.05, 0.1) is 13.0 Å². The third-order valence-electron chi connectivity index (χ3n) is 2.45. The van der Waals surface area contributed by atoms with Gasteiger partial charge in [0, 0.05) is 0 Å². The maximum Gasteiger partial charge on any atom is 0.309 e. The van der Waals surface area contributed by atoms with Crippen LogP contribution in [0.2, 0.25) is 0 Å². The SMILES string of the molecule is COC(=O)[C@@H]1C(C)[C@H]1C=C(C)C. The van der Waals surface area contributed by atoms with Gasteiger partial charge < -0.3 is 4.74 Å². The van der Waals surface area contributed by atoms with Gasteiger partial charge in [-0.3, -0.25) is 4.79 Å². The summed E-state index contributed by atoms with van der Waals surface area (Å²) in [6.45, 7) is 6.20. The van der Waals surface area contributed by atoms with Gasteiger partial charge in [-0.05, 0) is 25.7 Å². The first kappa shape index (κ1) is 9.30. The maximum atomic E-state index is 11.1. The molecule has 1 rings (SSSR count). The van der Waals surface area contributed by atoms with Crippen LogP contribution in [0.25, 0.3) is 0 Å². The van der Waals surface area contributed by atoms with Gasteiger partial charge in [0.25, 0.3) is 0 Å². The molecule has 0 heterocycles. The molecule has 0 aromatic heterocycles. The summed E-state index contributed by atoms with van der Waals surface area (Å²) >= 11 is 0. The number of ether oxygens (including phenoxy) is 1. The van der Waals surface area contributed by atoms with Crippen molar-refractivity contribution in [2.75, 3.05) is 7.11 Å². The highest BCUT2D eigenvalue weighted by atomic mass is 16.5. The van der Waals surface area contributed by atoms with Crippen LogP contribution in [-0.2, 0) is 9.53 Å². The number of allylic oxidation sites excluding steroid dienone is 2. The molecule has 3 atom stereocenters. The standard InChI is InChI=1S/C10H16O2/c1-6(2)5-8-7(3)9(8)10(11)12-4/h5,7-9H,1-4H3/t7?,8-,9-/m1/s1. The molecule has 0 aliphatic heterocycles. The molecule has 1 fully saturated rings. The van der Waals surface area contributed by atoms with Gasteiger partial charge in [-0.2, -0.15) is 0 Å². The lowest BCUT2D eigenvalue weighted by molar-refractivity contribution is -0.142. The highest BCUT2D eigenvalue weighted by Gasteiger charge is 2.50. The molecule has 0 radical (unpaired) electrons. The monoisotopic (exact) mass is 168 g/mol. The molecular formula is C10H16O2. The lowest BCUT2D eigenvalue weighted by Crippen LogP contribution is -2.04. The molecule has 2 nitrogen and oxygen atoms in total. The fourth-order valence-corrected chi connectivity index (χ4v) is 1.64. The fourth-order valence-electron chi connectivity index (χ4n) is 1.64. The van der Waals surface area contributed by atoms with Crippen LogP contribution >= 0.6 is 0 Å². The van der Waals surface area contributed by atoms with Crippen molar-refractivity contribution in [2.45, 2.75) is 20.8 Å². The van der Waals surface area contributed by atoms with Crippen molar-refractivity contribution in [3.8, 4) is 0 Å². The smallest absolute Gasteiger partial charge is 0.309 e. The van der Waals surface area contributed by atoms with Crippen molar-refractivity contribution < 1.29 is 9.53 Å². The first-order valence-corrected chi connectivity index (χ1v) is 4.30. The van der Waals surface area contributed by atoms with E-state index in [1.54, 1.807) is 0 Å². The largest absolute Gasteiger partial charge is 0.469 e. The number of rotatable bonds is 2. The number of esters is 1. The third kappa shape index (κ3) is 1.68. The van der Waals surface area contributed by atoms with E-state index in [9.17, 15) is 4.79 Å². The molecular weight excluding hydrogens is 152 g/mol. The summed E-state index contributed by atoms with van der Waals surface area (Å²) in [5.41, 5.74) is 1.28. The average Bonchev–Trinajstić information content (AvgIpc) is 2.59. The van der Waals surface area contributed by atoms with E-state index in [2.05, 4.69) is 31.6 Å². The van der Waals surface area contributed by atoms with E-state index in [0.29, 0.717) is 11.8 Å². The second-order valence-corrected chi connectivity index (χ2v) is 3.73. The Morgan fingerprint density at radius 2 is 2.00 bits per heavy atom. The summed E-state index contributed by atoms with van der Waals surface area (Å²) in [5.74, 6) is 0.935.